The minimum Gasteiger partial charge on any atom is -0.465 e. The Kier molecular flexibility index (Phi) is 8.10. The van der Waals surface area contributed by atoms with Crippen molar-refractivity contribution in [3.8, 4) is 0 Å². The number of rotatable bonds is 9. The molecular formula is C31H29Cl2FN4O6. The standard InChI is InChI=1S/C31H29Cl2FN4O6/c1-44-29(40)17-7-10-24(38(42)43)18(11-17)13-35-28-25(15-39)37(14-16-5-6-16)31(26(28)20-3-2-4-22(33)27(20)34)21-9-8-19(32)12-23(21)36-30(31)41/h2-4,7-12,16,25-26,28,35,39H,5-6,13-15H2,1H3,(H,36,41)/t25-,26-,28+,31+/m0/s1. The summed E-state index contributed by atoms with van der Waals surface area (Å²) < 4.78 is 20.8. The monoisotopic (exact) mass is 642 g/mol. The van der Waals surface area contributed by atoms with Crippen molar-refractivity contribution in [2.75, 3.05) is 25.6 Å². The number of nitrogens with one attached hydrogen (secondary N) is 2. The van der Waals surface area contributed by atoms with Gasteiger partial charge in [-0.2, -0.15) is 0 Å². The molecule has 2 fully saturated rings. The maximum Gasteiger partial charge on any atom is 0.337 e. The number of anilines is 1. The number of nitro benzene ring substituents is 1. The molecule has 0 bridgehead atoms. The fourth-order valence-corrected chi connectivity index (χ4v) is 7.24. The van der Waals surface area contributed by atoms with Crippen molar-refractivity contribution >= 4 is 46.5 Å². The quantitative estimate of drug-likeness (QED) is 0.169. The summed E-state index contributed by atoms with van der Waals surface area (Å²) in [4.78, 5) is 39.9. The Bertz CT molecular complexity index is 1670. The first kappa shape index (κ1) is 30.4. The zero-order valence-electron chi connectivity index (χ0n) is 23.6. The second-order valence-electron chi connectivity index (χ2n) is 11.4. The molecule has 4 atom stereocenters. The molecule has 6 rings (SSSR count). The minimum atomic E-state index is -1.47. The maximum absolute atomic E-state index is 16.0. The third-order valence-electron chi connectivity index (χ3n) is 8.94. The van der Waals surface area contributed by atoms with Crippen molar-refractivity contribution in [1.82, 2.24) is 10.2 Å². The molecule has 1 saturated heterocycles. The van der Waals surface area contributed by atoms with Crippen LogP contribution in [0.4, 0.5) is 15.8 Å². The summed E-state index contributed by atoms with van der Waals surface area (Å²) in [5.41, 5.74) is -0.200. The van der Waals surface area contributed by atoms with E-state index in [4.69, 9.17) is 27.9 Å². The summed E-state index contributed by atoms with van der Waals surface area (Å²) >= 11 is 12.6. The van der Waals surface area contributed by atoms with Gasteiger partial charge in [0.25, 0.3) is 5.69 Å². The van der Waals surface area contributed by atoms with E-state index in [0.717, 1.165) is 12.8 Å². The number of nitrogens with zero attached hydrogens (tertiary/aromatic N) is 2. The van der Waals surface area contributed by atoms with E-state index in [-0.39, 0.29) is 39.9 Å². The van der Waals surface area contributed by atoms with Crippen molar-refractivity contribution < 1.29 is 28.7 Å². The van der Waals surface area contributed by atoms with Crippen LogP contribution in [0, 0.1) is 21.8 Å². The normalized spacial score (nSPS) is 24.4. The highest BCUT2D eigenvalue weighted by Crippen LogP contribution is 2.58. The molecule has 0 unspecified atom stereocenters. The molecule has 1 saturated carbocycles. The number of benzene rings is 3. The summed E-state index contributed by atoms with van der Waals surface area (Å²) in [6.07, 6.45) is 1.89. The molecule has 44 heavy (non-hydrogen) atoms. The zero-order chi connectivity index (χ0) is 31.3. The molecule has 1 amide bonds. The van der Waals surface area contributed by atoms with Gasteiger partial charge in [-0.25, -0.2) is 9.18 Å². The lowest BCUT2D eigenvalue weighted by Crippen LogP contribution is -2.53. The molecule has 3 aromatic rings. The molecule has 1 aliphatic carbocycles. The molecular weight excluding hydrogens is 614 g/mol. The van der Waals surface area contributed by atoms with E-state index in [9.17, 15) is 24.8 Å². The minimum absolute atomic E-state index is 0.116. The number of carbonyl (C=O) groups excluding carboxylic acids is 2. The van der Waals surface area contributed by atoms with Crippen LogP contribution in [0.15, 0.2) is 54.6 Å². The highest BCUT2D eigenvalue weighted by atomic mass is 35.5. The Morgan fingerprint density at radius 2 is 2.00 bits per heavy atom. The third-order valence-corrected chi connectivity index (χ3v) is 9.47. The Morgan fingerprint density at radius 3 is 2.68 bits per heavy atom. The van der Waals surface area contributed by atoms with Crippen LogP contribution in [0.25, 0.3) is 0 Å². The van der Waals surface area contributed by atoms with Crippen LogP contribution in [-0.4, -0.2) is 59.2 Å². The van der Waals surface area contributed by atoms with Gasteiger partial charge in [-0.05, 0) is 54.7 Å². The smallest absolute Gasteiger partial charge is 0.337 e. The van der Waals surface area contributed by atoms with Crippen LogP contribution in [0.5, 0.6) is 0 Å². The van der Waals surface area contributed by atoms with Gasteiger partial charge in [0.2, 0.25) is 5.91 Å². The predicted octanol–water partition coefficient (Wildman–Crippen LogP) is 5.00. The predicted molar refractivity (Wildman–Crippen MR) is 161 cm³/mol. The number of likely N-dealkylation sites (tertiary alicyclic amines) is 1. The number of amides is 1. The number of methoxy groups -OCH3 is 1. The number of aliphatic hydroxyl groups excluding tert-OH is 1. The van der Waals surface area contributed by atoms with E-state index in [1.807, 2.05) is 4.90 Å². The van der Waals surface area contributed by atoms with Crippen LogP contribution in [-0.2, 0) is 21.6 Å². The summed E-state index contributed by atoms with van der Waals surface area (Å²) in [5.74, 6) is -2.44. The highest BCUT2D eigenvalue weighted by Gasteiger charge is 2.67. The van der Waals surface area contributed by atoms with Crippen LogP contribution in [0.1, 0.15) is 45.8 Å². The largest absolute Gasteiger partial charge is 0.465 e. The number of fused-ring (bicyclic) bond motifs is 2. The van der Waals surface area contributed by atoms with Gasteiger partial charge >= 0.3 is 5.97 Å². The van der Waals surface area contributed by atoms with Gasteiger partial charge in [0.15, 0.2) is 0 Å². The molecule has 1 spiro atoms. The first-order chi connectivity index (χ1) is 21.1. The maximum atomic E-state index is 16.0. The second-order valence-corrected chi connectivity index (χ2v) is 12.2. The highest BCUT2D eigenvalue weighted by molar-refractivity contribution is 6.31. The Hall–Kier alpha value is -3.61. The Labute approximate surface area is 262 Å². The van der Waals surface area contributed by atoms with Crippen molar-refractivity contribution in [3.05, 3.63) is 103 Å². The molecule has 3 aliphatic rings. The van der Waals surface area contributed by atoms with Crippen LogP contribution >= 0.6 is 23.2 Å². The third kappa shape index (κ3) is 4.93. The van der Waals surface area contributed by atoms with E-state index >= 15 is 4.39 Å². The van der Waals surface area contributed by atoms with E-state index in [2.05, 4.69) is 10.6 Å². The Morgan fingerprint density at radius 1 is 1.23 bits per heavy atom. The molecule has 0 radical (unpaired) electrons. The molecule has 3 N–H and O–H groups in total. The fraction of sp³-hybridized carbons (Fsp3) is 0.355. The molecule has 230 valence electrons. The van der Waals surface area contributed by atoms with E-state index in [1.165, 1.54) is 31.4 Å². The number of carbonyl (C=O) groups is 2. The van der Waals surface area contributed by atoms with Gasteiger partial charge in [-0.15, -0.1) is 0 Å². The van der Waals surface area contributed by atoms with E-state index in [1.54, 1.807) is 30.3 Å². The molecule has 10 nitrogen and oxygen atoms in total. The molecule has 0 aromatic heterocycles. The fourth-order valence-electron chi connectivity index (χ4n) is 6.88. The van der Waals surface area contributed by atoms with Gasteiger partial charge in [0, 0.05) is 53.0 Å². The molecule has 2 aliphatic heterocycles. The van der Waals surface area contributed by atoms with Crippen molar-refractivity contribution in [2.45, 2.75) is 42.9 Å². The molecule has 3 aromatic carbocycles. The van der Waals surface area contributed by atoms with Crippen molar-refractivity contribution in [1.29, 1.82) is 0 Å². The average Bonchev–Trinajstić information content (AvgIpc) is 3.73. The van der Waals surface area contributed by atoms with Crippen LogP contribution < -0.4 is 10.6 Å². The summed E-state index contributed by atoms with van der Waals surface area (Å²) in [6, 6.07) is 12.0. The molecule has 2 heterocycles. The lowest BCUT2D eigenvalue weighted by Gasteiger charge is -2.39. The first-order valence-electron chi connectivity index (χ1n) is 14.1. The summed E-state index contributed by atoms with van der Waals surface area (Å²) in [6.45, 7) is -0.0791. The first-order valence-corrected chi connectivity index (χ1v) is 14.9. The lowest BCUT2D eigenvalue weighted by molar-refractivity contribution is -0.385. The number of aliphatic hydroxyl groups is 1. The van der Waals surface area contributed by atoms with Crippen LogP contribution in [0.2, 0.25) is 10.0 Å². The van der Waals surface area contributed by atoms with Crippen molar-refractivity contribution in [3.63, 3.8) is 0 Å². The summed E-state index contributed by atoms with van der Waals surface area (Å²) in [5, 5.41) is 29.4. The number of nitro groups is 1. The number of hydrogen-bond donors (Lipinski definition) is 3. The van der Waals surface area contributed by atoms with Crippen molar-refractivity contribution in [2.24, 2.45) is 5.92 Å². The zero-order valence-corrected chi connectivity index (χ0v) is 25.1. The summed E-state index contributed by atoms with van der Waals surface area (Å²) in [7, 11) is 1.21. The van der Waals surface area contributed by atoms with Crippen LogP contribution in [0.3, 0.4) is 0 Å². The SMILES string of the molecule is COC(=O)c1ccc([N+](=O)[O-])c(CN[C@@H]2[C@H](CO)N(CC3CC3)[C@@]3(C(=O)Nc4cc(Cl)ccc43)[C@H]2c2cccc(Cl)c2F)c1. The lowest BCUT2D eigenvalue weighted by atomic mass is 9.73. The van der Waals surface area contributed by atoms with E-state index < -0.39 is 52.8 Å². The number of esters is 1. The van der Waals surface area contributed by atoms with Gasteiger partial charge < -0.3 is 20.5 Å². The van der Waals surface area contributed by atoms with E-state index in [0.29, 0.717) is 22.8 Å². The van der Waals surface area contributed by atoms with Gasteiger partial charge in [0.05, 0.1) is 35.3 Å². The number of ether oxygens (including phenoxy) is 1. The van der Waals surface area contributed by atoms with Gasteiger partial charge in [-0.3, -0.25) is 19.8 Å². The molecule has 13 heteroatoms. The Balaban J connectivity index is 1.53. The van der Waals surface area contributed by atoms with Gasteiger partial charge in [-0.1, -0.05) is 41.4 Å². The topological polar surface area (TPSA) is 134 Å². The van der Waals surface area contributed by atoms with Gasteiger partial charge in [0.1, 0.15) is 11.4 Å². The number of hydrogen-bond acceptors (Lipinski definition) is 8. The number of halogens is 3. The average molecular weight is 643 g/mol. The second kappa shape index (κ2) is 11.7.